The summed E-state index contributed by atoms with van der Waals surface area (Å²) in [5.74, 6) is 0. The molecule has 0 radical (unpaired) electrons. The zero-order valence-electron chi connectivity index (χ0n) is 51.3. The van der Waals surface area contributed by atoms with Crippen molar-refractivity contribution in [2.45, 2.75) is 0 Å². The Bertz CT molecular complexity index is 6350. The van der Waals surface area contributed by atoms with Gasteiger partial charge in [0.25, 0.3) is 0 Å². The van der Waals surface area contributed by atoms with Crippen molar-refractivity contribution in [3.05, 3.63) is 352 Å². The fraction of sp³-hybridized carbons (Fsp3) is 0. The third kappa shape index (κ3) is 8.54. The fourth-order valence-corrected chi connectivity index (χ4v) is 15.2. The van der Waals surface area contributed by atoms with E-state index in [1.54, 1.807) is 0 Å². The molecule has 4 aromatic heterocycles. The topological polar surface area (TPSA) is 19.7 Å². The standard InChI is InChI=1S/C46H30N2.C44H28N2/c1-3-11-31(12-4-1)33-19-24-36(25-20-33)47-42-18-10-9-17-39(42)40-29-41-45(30-44(40)47)48(43-28-23-35-15-7-8-16-38(35)46(41)43)37-26-21-34(22-27-37)32-13-5-2-6-14-32;1-2-13-34(14-3-1)45-40-17-9-8-16-37(40)38-27-39-43(28-42(38)45)46(41-25-22-31-11-6-7-15-36(31)44(39)41)35-23-20-30(21-24-35)33-19-18-29-10-4-5-12-32(29)26-33/h1-30H;1-28H. The first-order chi connectivity index (χ1) is 46.6. The molecular weight excluding hydrogens is 1140 g/mol. The third-order valence-electron chi connectivity index (χ3n) is 19.6. The second kappa shape index (κ2) is 21.6. The van der Waals surface area contributed by atoms with Gasteiger partial charge in [-0.25, -0.2) is 0 Å². The molecular formula is C90H58N4. The van der Waals surface area contributed by atoms with Gasteiger partial charge in [0.1, 0.15) is 0 Å². The van der Waals surface area contributed by atoms with E-state index in [-0.39, 0.29) is 0 Å². The predicted octanol–water partition coefficient (Wildman–Crippen LogP) is 24.2. The van der Waals surface area contributed by atoms with Crippen LogP contribution in [0.5, 0.6) is 0 Å². The maximum absolute atomic E-state index is 2.45. The fourth-order valence-electron chi connectivity index (χ4n) is 15.2. The van der Waals surface area contributed by atoms with Crippen LogP contribution in [-0.4, -0.2) is 18.3 Å². The van der Waals surface area contributed by atoms with Crippen LogP contribution in [0.2, 0.25) is 0 Å². The lowest BCUT2D eigenvalue weighted by molar-refractivity contribution is 1.16. The highest BCUT2D eigenvalue weighted by Crippen LogP contribution is 2.45. The first kappa shape index (κ1) is 53.3. The lowest BCUT2D eigenvalue weighted by atomic mass is 10.0. The Kier molecular flexibility index (Phi) is 12.3. The molecule has 0 N–H and O–H groups in total. The summed E-state index contributed by atoms with van der Waals surface area (Å²) in [5.41, 5.74) is 21.6. The molecule has 0 fully saturated rings. The molecule has 4 heterocycles. The number of hydrogen-bond acceptors (Lipinski definition) is 0. The molecule has 4 nitrogen and oxygen atoms in total. The SMILES string of the molecule is c1ccc(-c2ccc(-n3c4ccccc4c4cc5c6c7ccccc7ccc6n(-c6ccc(-c7ccccc7)cc6)c5cc43)cc2)cc1.c1ccc(-n2c3ccccc3c3cc4c5c6ccccc6ccc5n(-c5ccc(-c6ccc7ccccc7c6)cc5)c4cc32)cc1. The normalized spacial score (nSPS) is 11.8. The van der Waals surface area contributed by atoms with Crippen LogP contribution in [0.15, 0.2) is 352 Å². The summed E-state index contributed by atoms with van der Waals surface area (Å²) < 4.78 is 9.74. The quantitative estimate of drug-likeness (QED) is 0.152. The van der Waals surface area contributed by atoms with Crippen LogP contribution in [0.1, 0.15) is 0 Å². The van der Waals surface area contributed by atoms with E-state index in [4.69, 9.17) is 0 Å². The van der Waals surface area contributed by atoms with E-state index in [0.29, 0.717) is 0 Å². The number of nitrogens with zero attached hydrogens (tertiary/aromatic N) is 4. The van der Waals surface area contributed by atoms with Gasteiger partial charge in [0.15, 0.2) is 0 Å². The molecule has 438 valence electrons. The van der Waals surface area contributed by atoms with Gasteiger partial charge >= 0.3 is 0 Å². The average Bonchev–Trinajstić information content (AvgIpc) is 1.56. The Balaban J connectivity index is 0.000000134. The molecule has 0 saturated carbocycles. The first-order valence-electron chi connectivity index (χ1n) is 32.4. The molecule has 4 heteroatoms. The molecule has 0 spiro atoms. The smallest absolute Gasteiger partial charge is 0.0562 e. The summed E-state index contributed by atoms with van der Waals surface area (Å²) in [7, 11) is 0. The van der Waals surface area contributed by atoms with Crippen LogP contribution < -0.4 is 0 Å². The summed E-state index contributed by atoms with van der Waals surface area (Å²) in [6.07, 6.45) is 0. The number of hydrogen-bond donors (Lipinski definition) is 0. The molecule has 0 bridgehead atoms. The van der Waals surface area contributed by atoms with E-state index in [9.17, 15) is 0 Å². The highest BCUT2D eigenvalue weighted by molar-refractivity contribution is 6.27. The van der Waals surface area contributed by atoms with Crippen molar-refractivity contribution < 1.29 is 0 Å². The number of para-hydroxylation sites is 3. The molecule has 20 rings (SSSR count). The summed E-state index contributed by atoms with van der Waals surface area (Å²) in [6, 6.07) is 128. The molecule has 16 aromatic carbocycles. The Hall–Kier alpha value is -12.5. The van der Waals surface area contributed by atoms with Gasteiger partial charge in [-0.2, -0.15) is 0 Å². The molecule has 94 heavy (non-hydrogen) atoms. The van der Waals surface area contributed by atoms with E-state index < -0.39 is 0 Å². The minimum Gasteiger partial charge on any atom is -0.309 e. The van der Waals surface area contributed by atoms with Crippen LogP contribution in [0.25, 0.3) is 176 Å². The van der Waals surface area contributed by atoms with Crippen molar-refractivity contribution in [2.75, 3.05) is 0 Å². The average molecular weight is 1200 g/mol. The van der Waals surface area contributed by atoms with E-state index in [0.717, 1.165) is 17.1 Å². The number of fused-ring (bicyclic) bond motifs is 17. The number of benzene rings is 16. The lowest BCUT2D eigenvalue weighted by Crippen LogP contribution is -1.96. The second-order valence-electron chi connectivity index (χ2n) is 24.8. The predicted molar refractivity (Wildman–Crippen MR) is 399 cm³/mol. The van der Waals surface area contributed by atoms with Gasteiger partial charge in [-0.3, -0.25) is 0 Å². The van der Waals surface area contributed by atoms with E-state index >= 15 is 0 Å². The summed E-state index contributed by atoms with van der Waals surface area (Å²) >= 11 is 0. The summed E-state index contributed by atoms with van der Waals surface area (Å²) in [4.78, 5) is 0. The number of rotatable bonds is 7. The highest BCUT2D eigenvalue weighted by atomic mass is 15.0. The Morgan fingerprint density at radius 3 is 0.904 bits per heavy atom. The summed E-state index contributed by atoms with van der Waals surface area (Å²) in [6.45, 7) is 0. The van der Waals surface area contributed by atoms with Crippen molar-refractivity contribution in [1.82, 2.24) is 18.3 Å². The molecule has 20 aromatic rings. The molecule has 0 aliphatic carbocycles. The highest BCUT2D eigenvalue weighted by Gasteiger charge is 2.23. The Morgan fingerprint density at radius 1 is 0.138 bits per heavy atom. The van der Waals surface area contributed by atoms with Crippen molar-refractivity contribution in [2.24, 2.45) is 0 Å². The largest absolute Gasteiger partial charge is 0.309 e. The van der Waals surface area contributed by atoms with Crippen molar-refractivity contribution in [3.8, 4) is 56.1 Å². The van der Waals surface area contributed by atoms with Crippen molar-refractivity contribution >= 4 is 120 Å². The Labute approximate surface area is 542 Å². The Morgan fingerprint density at radius 2 is 0.447 bits per heavy atom. The van der Waals surface area contributed by atoms with Gasteiger partial charge in [0.2, 0.25) is 0 Å². The molecule has 0 atom stereocenters. The minimum absolute atomic E-state index is 1.15. The van der Waals surface area contributed by atoms with Crippen LogP contribution in [-0.2, 0) is 0 Å². The van der Waals surface area contributed by atoms with Crippen molar-refractivity contribution in [1.29, 1.82) is 0 Å². The maximum Gasteiger partial charge on any atom is 0.0562 e. The first-order valence-corrected chi connectivity index (χ1v) is 32.4. The van der Waals surface area contributed by atoms with Crippen LogP contribution in [0.3, 0.4) is 0 Å². The van der Waals surface area contributed by atoms with Gasteiger partial charge in [0, 0.05) is 65.8 Å². The maximum atomic E-state index is 2.45. The van der Waals surface area contributed by atoms with Gasteiger partial charge in [-0.1, -0.05) is 249 Å². The van der Waals surface area contributed by atoms with Gasteiger partial charge in [0.05, 0.1) is 44.1 Å². The van der Waals surface area contributed by atoms with E-state index in [1.165, 1.54) is 159 Å². The summed E-state index contributed by atoms with van der Waals surface area (Å²) in [5, 5.41) is 17.8. The van der Waals surface area contributed by atoms with Crippen LogP contribution in [0.4, 0.5) is 0 Å². The molecule has 0 aliphatic rings. The van der Waals surface area contributed by atoms with E-state index in [1.807, 2.05) is 0 Å². The minimum atomic E-state index is 1.15. The zero-order valence-corrected chi connectivity index (χ0v) is 51.3. The van der Waals surface area contributed by atoms with E-state index in [2.05, 4.69) is 370 Å². The van der Waals surface area contributed by atoms with Crippen LogP contribution in [0, 0.1) is 0 Å². The van der Waals surface area contributed by atoms with Gasteiger partial charge in [-0.05, 0) is 169 Å². The molecule has 0 saturated heterocycles. The third-order valence-corrected chi connectivity index (χ3v) is 19.6. The zero-order chi connectivity index (χ0) is 61.8. The van der Waals surface area contributed by atoms with Crippen LogP contribution >= 0.6 is 0 Å². The molecule has 0 amide bonds. The van der Waals surface area contributed by atoms with Gasteiger partial charge in [-0.15, -0.1) is 0 Å². The molecule has 0 aliphatic heterocycles. The molecule has 0 unspecified atom stereocenters. The second-order valence-corrected chi connectivity index (χ2v) is 24.8. The lowest BCUT2D eigenvalue weighted by Gasteiger charge is -2.11. The monoisotopic (exact) mass is 1190 g/mol. The van der Waals surface area contributed by atoms with Crippen molar-refractivity contribution in [3.63, 3.8) is 0 Å². The van der Waals surface area contributed by atoms with Gasteiger partial charge < -0.3 is 18.3 Å². The number of aromatic nitrogens is 4.